The molecular formula is C13H13N3O3. The largest absolute Gasteiger partial charge is 0.508 e. The minimum atomic E-state index is -1.04. The number of phenols is 1. The number of carboxylic acid groups (broad SMARTS) is 1. The molecule has 1 aliphatic rings. The fourth-order valence-electron chi connectivity index (χ4n) is 2.18. The third kappa shape index (κ3) is 2.29. The predicted molar refractivity (Wildman–Crippen MR) is 66.2 cm³/mol. The first-order chi connectivity index (χ1) is 9.15. The SMILES string of the molecule is O=C(O)c1nnn(Cc2cccc(O)c2)c1C1CC1. The molecule has 1 aromatic heterocycles. The van der Waals surface area contributed by atoms with Gasteiger partial charge in [0.2, 0.25) is 0 Å². The molecule has 2 aromatic rings. The van der Waals surface area contributed by atoms with Gasteiger partial charge in [-0.2, -0.15) is 0 Å². The van der Waals surface area contributed by atoms with Crippen LogP contribution in [0.15, 0.2) is 24.3 Å². The molecule has 6 nitrogen and oxygen atoms in total. The van der Waals surface area contributed by atoms with Crippen molar-refractivity contribution in [2.75, 3.05) is 0 Å². The second kappa shape index (κ2) is 4.38. The molecule has 1 heterocycles. The maximum Gasteiger partial charge on any atom is 0.358 e. The number of aromatic nitrogens is 3. The molecule has 1 aliphatic carbocycles. The fourth-order valence-corrected chi connectivity index (χ4v) is 2.18. The molecule has 3 rings (SSSR count). The molecule has 0 spiro atoms. The molecule has 0 unspecified atom stereocenters. The van der Waals surface area contributed by atoms with Crippen LogP contribution in [0.25, 0.3) is 0 Å². The van der Waals surface area contributed by atoms with Crippen LogP contribution < -0.4 is 0 Å². The Morgan fingerprint density at radius 2 is 2.21 bits per heavy atom. The van der Waals surface area contributed by atoms with Crippen LogP contribution in [0.1, 0.15) is 40.5 Å². The molecule has 0 radical (unpaired) electrons. The molecule has 1 saturated carbocycles. The summed E-state index contributed by atoms with van der Waals surface area (Å²) in [7, 11) is 0. The van der Waals surface area contributed by atoms with Crippen LogP contribution >= 0.6 is 0 Å². The van der Waals surface area contributed by atoms with Crippen molar-refractivity contribution in [3.05, 3.63) is 41.2 Å². The van der Waals surface area contributed by atoms with Gasteiger partial charge in [0.25, 0.3) is 0 Å². The highest BCUT2D eigenvalue weighted by molar-refractivity contribution is 5.86. The van der Waals surface area contributed by atoms with Crippen LogP contribution in [0.5, 0.6) is 5.75 Å². The third-order valence-electron chi connectivity index (χ3n) is 3.18. The van der Waals surface area contributed by atoms with E-state index in [9.17, 15) is 9.90 Å². The van der Waals surface area contributed by atoms with E-state index in [-0.39, 0.29) is 17.4 Å². The zero-order valence-corrected chi connectivity index (χ0v) is 10.2. The molecule has 19 heavy (non-hydrogen) atoms. The van der Waals surface area contributed by atoms with Gasteiger partial charge in [0.15, 0.2) is 5.69 Å². The number of carboxylic acids is 1. The van der Waals surface area contributed by atoms with Gasteiger partial charge in [0.1, 0.15) is 5.75 Å². The minimum absolute atomic E-state index is 0.0441. The van der Waals surface area contributed by atoms with Crippen LogP contribution in [0.4, 0.5) is 0 Å². The van der Waals surface area contributed by atoms with Crippen molar-refractivity contribution in [3.63, 3.8) is 0 Å². The second-order valence-electron chi connectivity index (χ2n) is 4.73. The van der Waals surface area contributed by atoms with Gasteiger partial charge in [-0.25, -0.2) is 9.48 Å². The molecule has 0 saturated heterocycles. The summed E-state index contributed by atoms with van der Waals surface area (Å²) < 4.78 is 1.62. The lowest BCUT2D eigenvalue weighted by Crippen LogP contribution is -2.08. The van der Waals surface area contributed by atoms with Crippen molar-refractivity contribution in [2.45, 2.75) is 25.3 Å². The summed E-state index contributed by atoms with van der Waals surface area (Å²) in [6.07, 6.45) is 1.96. The molecular weight excluding hydrogens is 246 g/mol. The lowest BCUT2D eigenvalue weighted by molar-refractivity contribution is 0.0689. The zero-order chi connectivity index (χ0) is 13.4. The summed E-state index contributed by atoms with van der Waals surface area (Å²) in [4.78, 5) is 11.1. The first-order valence-electron chi connectivity index (χ1n) is 6.09. The Morgan fingerprint density at radius 3 is 2.84 bits per heavy atom. The fraction of sp³-hybridized carbons (Fsp3) is 0.308. The molecule has 1 fully saturated rings. The molecule has 0 amide bonds. The van der Waals surface area contributed by atoms with Crippen molar-refractivity contribution in [1.29, 1.82) is 0 Å². The summed E-state index contributed by atoms with van der Waals surface area (Å²) >= 11 is 0. The molecule has 6 heteroatoms. The van der Waals surface area contributed by atoms with Gasteiger partial charge in [-0.15, -0.1) is 5.10 Å². The van der Waals surface area contributed by atoms with E-state index in [2.05, 4.69) is 10.3 Å². The van der Waals surface area contributed by atoms with E-state index in [1.807, 2.05) is 6.07 Å². The molecule has 0 aliphatic heterocycles. The maximum atomic E-state index is 11.1. The van der Waals surface area contributed by atoms with Crippen LogP contribution in [0, 0.1) is 0 Å². The third-order valence-corrected chi connectivity index (χ3v) is 3.18. The summed E-state index contributed by atoms with van der Waals surface area (Å²) in [6.45, 7) is 0.417. The second-order valence-corrected chi connectivity index (χ2v) is 4.73. The maximum absolute atomic E-state index is 11.1. The van der Waals surface area contributed by atoms with Crippen LogP contribution in [0.2, 0.25) is 0 Å². The molecule has 2 N–H and O–H groups in total. The lowest BCUT2D eigenvalue weighted by Gasteiger charge is -2.06. The summed E-state index contributed by atoms with van der Waals surface area (Å²) in [6, 6.07) is 6.84. The Labute approximate surface area is 109 Å². The monoisotopic (exact) mass is 259 g/mol. The van der Waals surface area contributed by atoms with E-state index in [0.29, 0.717) is 12.2 Å². The molecule has 1 aromatic carbocycles. The Bertz CT molecular complexity index is 632. The van der Waals surface area contributed by atoms with E-state index in [1.165, 1.54) is 0 Å². The van der Waals surface area contributed by atoms with Gasteiger partial charge in [0, 0.05) is 5.92 Å². The molecule has 0 bridgehead atoms. The first-order valence-corrected chi connectivity index (χ1v) is 6.09. The number of aromatic hydroxyl groups is 1. The standard InChI is InChI=1S/C13H13N3O3/c17-10-3-1-2-8(6-10)7-16-12(9-4-5-9)11(13(18)19)14-15-16/h1-3,6,9,17H,4-5,7H2,(H,18,19). The van der Waals surface area contributed by atoms with Gasteiger partial charge in [-0.3, -0.25) is 0 Å². The van der Waals surface area contributed by atoms with Crippen molar-refractivity contribution < 1.29 is 15.0 Å². The Kier molecular flexibility index (Phi) is 2.70. The topological polar surface area (TPSA) is 88.2 Å². The van der Waals surface area contributed by atoms with E-state index >= 15 is 0 Å². The average molecular weight is 259 g/mol. The van der Waals surface area contributed by atoms with Crippen LogP contribution in [0.3, 0.4) is 0 Å². The van der Waals surface area contributed by atoms with Crippen molar-refractivity contribution in [2.24, 2.45) is 0 Å². The predicted octanol–water partition coefficient (Wildman–Crippen LogP) is 1.61. The Morgan fingerprint density at radius 1 is 1.42 bits per heavy atom. The highest BCUT2D eigenvalue weighted by atomic mass is 16.4. The van der Waals surface area contributed by atoms with Gasteiger partial charge in [0.05, 0.1) is 12.2 Å². The summed E-state index contributed by atoms with van der Waals surface area (Å²) in [5.41, 5.74) is 1.60. The van der Waals surface area contributed by atoms with Crippen molar-refractivity contribution in [1.82, 2.24) is 15.0 Å². The number of aromatic carboxylic acids is 1. The normalized spacial score (nSPS) is 14.5. The molecule has 98 valence electrons. The number of carbonyl (C=O) groups is 1. The molecule has 0 atom stereocenters. The number of rotatable bonds is 4. The highest BCUT2D eigenvalue weighted by Crippen LogP contribution is 2.41. The van der Waals surface area contributed by atoms with E-state index < -0.39 is 5.97 Å². The van der Waals surface area contributed by atoms with Gasteiger partial charge < -0.3 is 10.2 Å². The number of hydrogen-bond acceptors (Lipinski definition) is 4. The highest BCUT2D eigenvalue weighted by Gasteiger charge is 2.33. The first kappa shape index (κ1) is 11.7. The minimum Gasteiger partial charge on any atom is -0.508 e. The smallest absolute Gasteiger partial charge is 0.358 e. The van der Waals surface area contributed by atoms with E-state index in [4.69, 9.17) is 5.11 Å². The van der Waals surface area contributed by atoms with Gasteiger partial charge >= 0.3 is 5.97 Å². The number of phenolic OH excluding ortho intramolecular Hbond substituents is 1. The van der Waals surface area contributed by atoms with Crippen LogP contribution in [-0.4, -0.2) is 31.2 Å². The number of benzene rings is 1. The van der Waals surface area contributed by atoms with Gasteiger partial charge in [-0.1, -0.05) is 17.3 Å². The zero-order valence-electron chi connectivity index (χ0n) is 10.2. The van der Waals surface area contributed by atoms with Crippen LogP contribution in [-0.2, 0) is 6.54 Å². The Balaban J connectivity index is 1.94. The lowest BCUT2D eigenvalue weighted by atomic mass is 10.2. The van der Waals surface area contributed by atoms with Gasteiger partial charge in [-0.05, 0) is 30.5 Å². The van der Waals surface area contributed by atoms with Crippen molar-refractivity contribution >= 4 is 5.97 Å². The average Bonchev–Trinajstić information content (AvgIpc) is 3.11. The van der Waals surface area contributed by atoms with Crippen molar-refractivity contribution in [3.8, 4) is 5.75 Å². The number of nitrogens with zero attached hydrogens (tertiary/aromatic N) is 3. The summed E-state index contributed by atoms with van der Waals surface area (Å²) in [5.74, 6) is -0.605. The number of hydrogen-bond donors (Lipinski definition) is 2. The Hall–Kier alpha value is -2.37. The van der Waals surface area contributed by atoms with E-state index in [0.717, 1.165) is 18.4 Å². The quantitative estimate of drug-likeness (QED) is 0.870. The summed E-state index contributed by atoms with van der Waals surface area (Å²) in [5, 5.41) is 26.2. The van der Waals surface area contributed by atoms with E-state index in [1.54, 1.807) is 22.9 Å².